The van der Waals surface area contributed by atoms with E-state index in [0.29, 0.717) is 16.3 Å². The van der Waals surface area contributed by atoms with Crippen molar-refractivity contribution in [1.82, 2.24) is 4.37 Å². The number of aryl methyl sites for hydroxylation is 1. The second-order valence-electron chi connectivity index (χ2n) is 3.28. The summed E-state index contributed by atoms with van der Waals surface area (Å²) in [4.78, 5) is 11.8. The van der Waals surface area contributed by atoms with Crippen LogP contribution >= 0.6 is 23.1 Å². The Morgan fingerprint density at radius 1 is 1.50 bits per heavy atom. The molecule has 5 heteroatoms. The Bertz CT molecular complexity index is 524. The highest BCUT2D eigenvalue weighted by Crippen LogP contribution is 2.17. The highest BCUT2D eigenvalue weighted by atomic mass is 35.5. The number of carbonyl (C=O) groups excluding carboxylic acids is 1. The third-order valence-electron chi connectivity index (χ3n) is 2.08. The number of benzene rings is 1. The Balaban J connectivity index is 2.17. The van der Waals surface area contributed by atoms with Gasteiger partial charge in [0.1, 0.15) is 0 Å². The van der Waals surface area contributed by atoms with Gasteiger partial charge in [0.15, 0.2) is 0 Å². The van der Waals surface area contributed by atoms with Crippen LogP contribution in [0.25, 0.3) is 0 Å². The molecule has 0 bridgehead atoms. The fraction of sp³-hybridized carbons (Fsp3) is 0.0909. The molecule has 1 amide bonds. The van der Waals surface area contributed by atoms with Gasteiger partial charge in [-0.05, 0) is 36.7 Å². The van der Waals surface area contributed by atoms with Crippen molar-refractivity contribution in [2.75, 3.05) is 5.32 Å². The predicted octanol–water partition coefficient (Wildman–Crippen LogP) is 3.36. The summed E-state index contributed by atoms with van der Waals surface area (Å²) >= 11 is 7.09. The molecule has 0 aliphatic rings. The lowest BCUT2D eigenvalue weighted by atomic mass is 10.2. The summed E-state index contributed by atoms with van der Waals surface area (Å²) in [5, 5.41) is 5.10. The van der Waals surface area contributed by atoms with Crippen LogP contribution in [0, 0.1) is 6.92 Å². The maximum absolute atomic E-state index is 11.8. The zero-order chi connectivity index (χ0) is 11.5. The lowest BCUT2D eigenvalue weighted by molar-refractivity contribution is 0.102. The zero-order valence-electron chi connectivity index (χ0n) is 8.53. The number of hydrogen-bond donors (Lipinski definition) is 1. The second kappa shape index (κ2) is 4.63. The molecule has 0 unspecified atom stereocenters. The molecule has 1 aromatic heterocycles. The number of carbonyl (C=O) groups is 1. The van der Waals surface area contributed by atoms with Gasteiger partial charge in [0.25, 0.3) is 5.91 Å². The van der Waals surface area contributed by atoms with E-state index in [9.17, 15) is 4.79 Å². The van der Waals surface area contributed by atoms with Gasteiger partial charge in [-0.15, -0.1) is 0 Å². The summed E-state index contributed by atoms with van der Waals surface area (Å²) in [5.41, 5.74) is 2.03. The molecule has 2 aromatic rings. The zero-order valence-corrected chi connectivity index (χ0v) is 10.1. The van der Waals surface area contributed by atoms with Crippen LogP contribution in [0.15, 0.2) is 29.6 Å². The number of nitrogens with one attached hydrogen (secondary N) is 1. The minimum absolute atomic E-state index is 0.159. The summed E-state index contributed by atoms with van der Waals surface area (Å²) < 4.78 is 4.05. The fourth-order valence-corrected chi connectivity index (χ4v) is 2.16. The Labute approximate surface area is 102 Å². The minimum atomic E-state index is -0.159. The van der Waals surface area contributed by atoms with Crippen LogP contribution in [0.5, 0.6) is 0 Å². The molecule has 0 saturated heterocycles. The van der Waals surface area contributed by atoms with Crippen LogP contribution in [0.1, 0.15) is 16.1 Å². The standard InChI is InChI=1S/C11H9ClN2OS/c1-7-10(6-16-14-7)11(15)13-9-4-2-3-8(12)5-9/h2-6H,1H3,(H,13,15). The molecule has 2 rings (SSSR count). The average molecular weight is 253 g/mol. The van der Waals surface area contributed by atoms with Crippen molar-refractivity contribution < 1.29 is 4.79 Å². The predicted molar refractivity (Wildman–Crippen MR) is 66.3 cm³/mol. The molecular formula is C11H9ClN2OS. The van der Waals surface area contributed by atoms with Gasteiger partial charge in [0.2, 0.25) is 0 Å². The van der Waals surface area contributed by atoms with Gasteiger partial charge in [0, 0.05) is 16.1 Å². The first kappa shape index (κ1) is 11.1. The van der Waals surface area contributed by atoms with Gasteiger partial charge < -0.3 is 5.32 Å². The van der Waals surface area contributed by atoms with Crippen molar-refractivity contribution in [2.24, 2.45) is 0 Å². The van der Waals surface area contributed by atoms with Crippen LogP contribution in [0.2, 0.25) is 5.02 Å². The Morgan fingerprint density at radius 2 is 2.31 bits per heavy atom. The Hall–Kier alpha value is -1.39. The topological polar surface area (TPSA) is 42.0 Å². The molecule has 0 aliphatic heterocycles. The van der Waals surface area contributed by atoms with Crippen LogP contribution in [0.3, 0.4) is 0 Å². The lowest BCUT2D eigenvalue weighted by Gasteiger charge is -2.04. The van der Waals surface area contributed by atoms with Gasteiger partial charge in [-0.25, -0.2) is 0 Å². The van der Waals surface area contributed by atoms with E-state index in [1.165, 1.54) is 11.5 Å². The minimum Gasteiger partial charge on any atom is -0.322 e. The molecular weight excluding hydrogens is 244 g/mol. The number of halogens is 1. The molecule has 82 valence electrons. The first-order valence-corrected chi connectivity index (χ1v) is 5.86. The SMILES string of the molecule is Cc1nscc1C(=O)Nc1cccc(Cl)c1. The molecule has 0 aliphatic carbocycles. The fourth-order valence-electron chi connectivity index (χ4n) is 1.28. The van der Waals surface area contributed by atoms with E-state index in [2.05, 4.69) is 9.69 Å². The van der Waals surface area contributed by atoms with E-state index in [1.807, 2.05) is 6.92 Å². The van der Waals surface area contributed by atoms with Crippen molar-refractivity contribution in [2.45, 2.75) is 6.92 Å². The normalized spacial score (nSPS) is 10.1. The maximum Gasteiger partial charge on any atom is 0.258 e. The Morgan fingerprint density at radius 3 is 2.94 bits per heavy atom. The van der Waals surface area contributed by atoms with Crippen LogP contribution in [0.4, 0.5) is 5.69 Å². The number of amides is 1. The van der Waals surface area contributed by atoms with E-state index in [4.69, 9.17) is 11.6 Å². The molecule has 0 fully saturated rings. The van der Waals surface area contributed by atoms with Crippen molar-refractivity contribution in [1.29, 1.82) is 0 Å². The molecule has 3 nitrogen and oxygen atoms in total. The number of hydrogen-bond acceptors (Lipinski definition) is 3. The average Bonchev–Trinajstić information content (AvgIpc) is 2.64. The first-order valence-electron chi connectivity index (χ1n) is 4.65. The lowest BCUT2D eigenvalue weighted by Crippen LogP contribution is -2.12. The summed E-state index contributed by atoms with van der Waals surface area (Å²) in [5.74, 6) is -0.159. The van der Waals surface area contributed by atoms with Gasteiger partial charge in [-0.2, -0.15) is 4.37 Å². The molecule has 1 aromatic carbocycles. The van der Waals surface area contributed by atoms with Crippen molar-refractivity contribution >= 4 is 34.7 Å². The van der Waals surface area contributed by atoms with Crippen molar-refractivity contribution in [3.05, 3.63) is 45.9 Å². The highest BCUT2D eigenvalue weighted by Gasteiger charge is 2.11. The molecule has 1 heterocycles. The van der Waals surface area contributed by atoms with Gasteiger partial charge in [-0.3, -0.25) is 4.79 Å². The van der Waals surface area contributed by atoms with Crippen LogP contribution in [-0.2, 0) is 0 Å². The quantitative estimate of drug-likeness (QED) is 0.891. The molecule has 0 spiro atoms. The summed E-state index contributed by atoms with van der Waals surface area (Å²) in [6, 6.07) is 7.04. The monoisotopic (exact) mass is 252 g/mol. The first-order chi connectivity index (χ1) is 7.66. The maximum atomic E-state index is 11.8. The number of nitrogens with zero attached hydrogens (tertiary/aromatic N) is 1. The molecule has 16 heavy (non-hydrogen) atoms. The van der Waals surface area contributed by atoms with Crippen molar-refractivity contribution in [3.8, 4) is 0 Å². The van der Waals surface area contributed by atoms with E-state index in [-0.39, 0.29) is 5.91 Å². The van der Waals surface area contributed by atoms with E-state index in [0.717, 1.165) is 5.69 Å². The van der Waals surface area contributed by atoms with Crippen LogP contribution < -0.4 is 5.32 Å². The molecule has 0 atom stereocenters. The van der Waals surface area contributed by atoms with E-state index < -0.39 is 0 Å². The second-order valence-corrected chi connectivity index (χ2v) is 4.34. The molecule has 0 radical (unpaired) electrons. The van der Waals surface area contributed by atoms with Crippen LogP contribution in [-0.4, -0.2) is 10.3 Å². The smallest absolute Gasteiger partial charge is 0.258 e. The summed E-state index contributed by atoms with van der Waals surface area (Å²) in [6.45, 7) is 1.81. The van der Waals surface area contributed by atoms with E-state index >= 15 is 0 Å². The van der Waals surface area contributed by atoms with Gasteiger partial charge >= 0.3 is 0 Å². The Kier molecular flexibility index (Phi) is 3.22. The number of aromatic nitrogens is 1. The number of rotatable bonds is 2. The number of anilines is 1. The highest BCUT2D eigenvalue weighted by molar-refractivity contribution is 7.04. The van der Waals surface area contributed by atoms with Crippen molar-refractivity contribution in [3.63, 3.8) is 0 Å². The largest absolute Gasteiger partial charge is 0.322 e. The van der Waals surface area contributed by atoms with Gasteiger partial charge in [-0.1, -0.05) is 17.7 Å². The molecule has 0 saturated carbocycles. The third-order valence-corrected chi connectivity index (χ3v) is 3.03. The van der Waals surface area contributed by atoms with E-state index in [1.54, 1.807) is 29.6 Å². The summed E-state index contributed by atoms with van der Waals surface area (Å²) in [7, 11) is 0. The molecule has 1 N–H and O–H groups in total. The summed E-state index contributed by atoms with van der Waals surface area (Å²) in [6.07, 6.45) is 0. The van der Waals surface area contributed by atoms with Gasteiger partial charge in [0.05, 0.1) is 11.3 Å². The third kappa shape index (κ3) is 2.40.